The number of carbonyl (C=O) groups is 2. The van der Waals surface area contributed by atoms with Crippen molar-refractivity contribution < 1.29 is 28.5 Å². The molecule has 0 fully saturated rings. The lowest BCUT2D eigenvalue weighted by atomic mass is 9.95. The third kappa shape index (κ3) is 8.42. The molecule has 0 spiro atoms. The molecule has 4 aromatic rings. The van der Waals surface area contributed by atoms with Gasteiger partial charge in [0.15, 0.2) is 11.5 Å². The Balaban J connectivity index is 1.45. The molecule has 3 atom stereocenters. The van der Waals surface area contributed by atoms with Crippen molar-refractivity contribution in [1.82, 2.24) is 15.5 Å². The summed E-state index contributed by atoms with van der Waals surface area (Å²) in [4.78, 5) is 40.1. The molecule has 1 aromatic heterocycles. The first kappa shape index (κ1) is 37.1. The lowest BCUT2D eigenvalue weighted by Gasteiger charge is -2.23. The van der Waals surface area contributed by atoms with E-state index in [0.29, 0.717) is 59.2 Å². The van der Waals surface area contributed by atoms with E-state index in [0.717, 1.165) is 33.9 Å². The quantitative estimate of drug-likeness (QED) is 0.142. The summed E-state index contributed by atoms with van der Waals surface area (Å²) in [5.74, 6) is 1.52. The van der Waals surface area contributed by atoms with Gasteiger partial charge in [-0.1, -0.05) is 49.8 Å². The summed E-state index contributed by atoms with van der Waals surface area (Å²) in [6.45, 7) is 5.40. The van der Waals surface area contributed by atoms with Crippen LogP contribution in [0.5, 0.6) is 23.0 Å². The number of aryl methyl sites for hydroxylation is 3. The number of rotatable bonds is 14. The van der Waals surface area contributed by atoms with Crippen molar-refractivity contribution in [2.75, 3.05) is 39.1 Å². The van der Waals surface area contributed by atoms with E-state index in [2.05, 4.69) is 26.1 Å². The predicted molar refractivity (Wildman–Crippen MR) is 198 cm³/mol. The maximum Gasteiger partial charge on any atom is 0.248 e. The van der Waals surface area contributed by atoms with Gasteiger partial charge in [0.05, 0.1) is 40.2 Å². The number of aromatic nitrogens is 2. The van der Waals surface area contributed by atoms with Gasteiger partial charge in [-0.3, -0.25) is 19.7 Å². The van der Waals surface area contributed by atoms with Crippen molar-refractivity contribution >= 4 is 34.0 Å². The number of hydrogen-bond acceptors (Lipinski definition) is 11. The third-order valence-electron chi connectivity index (χ3n) is 9.21. The molecule has 3 N–H and O–H groups in total. The summed E-state index contributed by atoms with van der Waals surface area (Å²) in [5, 5.41) is 18.9. The molecule has 270 valence electrons. The summed E-state index contributed by atoms with van der Waals surface area (Å²) in [7, 11) is 6.30. The minimum Gasteiger partial charge on any atom is -0.497 e. The smallest absolute Gasteiger partial charge is 0.248 e. The number of methoxy groups -OCH3 is 4. The number of amides is 2. The van der Waals surface area contributed by atoms with Crippen molar-refractivity contribution in [2.24, 2.45) is 5.92 Å². The number of benzene rings is 2. The van der Waals surface area contributed by atoms with Crippen LogP contribution >= 0.6 is 11.3 Å². The molecule has 2 amide bonds. The van der Waals surface area contributed by atoms with Crippen LogP contribution in [0, 0.1) is 5.92 Å². The minimum atomic E-state index is -0.756. The zero-order valence-electron chi connectivity index (χ0n) is 30.0. The second-order valence-electron chi connectivity index (χ2n) is 12.4. The van der Waals surface area contributed by atoms with Gasteiger partial charge in [-0.05, 0) is 77.8 Å². The Labute approximate surface area is 301 Å². The molecule has 0 saturated carbocycles. The van der Waals surface area contributed by atoms with Gasteiger partial charge in [0.2, 0.25) is 28.1 Å². The first-order valence-electron chi connectivity index (χ1n) is 16.9. The zero-order valence-corrected chi connectivity index (χ0v) is 30.9. The highest BCUT2D eigenvalue weighted by Crippen LogP contribution is 2.50. The van der Waals surface area contributed by atoms with Gasteiger partial charge in [-0.2, -0.15) is 0 Å². The summed E-state index contributed by atoms with van der Waals surface area (Å²) >= 11 is 1.33. The maximum atomic E-state index is 14.0. The second-order valence-corrected chi connectivity index (χ2v) is 13.5. The molecule has 12 nitrogen and oxygen atoms in total. The molecule has 0 saturated heterocycles. The average Bonchev–Trinajstić information content (AvgIpc) is 3.45. The van der Waals surface area contributed by atoms with Gasteiger partial charge in [0, 0.05) is 18.9 Å². The van der Waals surface area contributed by atoms with Crippen LogP contribution in [-0.2, 0) is 28.9 Å². The monoisotopic (exact) mass is 715 g/mol. The Morgan fingerprint density at radius 1 is 0.941 bits per heavy atom. The van der Waals surface area contributed by atoms with Crippen LogP contribution in [0.4, 0.5) is 10.8 Å². The molecular formula is C38H45N5O7S. The van der Waals surface area contributed by atoms with Gasteiger partial charge < -0.3 is 29.6 Å². The molecule has 1 heterocycles. The first-order chi connectivity index (χ1) is 24.6. The van der Waals surface area contributed by atoms with E-state index in [1.807, 2.05) is 50.2 Å². The van der Waals surface area contributed by atoms with Crippen molar-refractivity contribution in [3.8, 4) is 34.1 Å². The molecule has 0 aliphatic heterocycles. The van der Waals surface area contributed by atoms with Gasteiger partial charge in [-0.15, -0.1) is 10.2 Å². The fourth-order valence-electron chi connectivity index (χ4n) is 6.33. The normalized spacial score (nSPS) is 14.5. The van der Waals surface area contributed by atoms with Crippen molar-refractivity contribution in [3.05, 3.63) is 80.5 Å². The highest BCUT2D eigenvalue weighted by molar-refractivity contribution is 7.15. The summed E-state index contributed by atoms with van der Waals surface area (Å²) in [5.41, 5.74) is 4.05. The Bertz CT molecular complexity index is 1930. The number of fused-ring (bicyclic) bond motifs is 3. The standard InChI is InChI=1S/C38H45N5O7S/c1-8-21(2)34(37(46)41-38-43-42-32(51-38)18-11-23-9-13-25(47-4)14-10-23)40-29-17-15-26-27(20-30(29)45)28(39-22(3)44)16-12-24-19-31(48-5)35(49-6)36(50-7)33(24)26/h9-10,13-15,17,19-21,28,34H,8,11-12,16,18H2,1-7H3,(H,39,44)(H,40,45)(H,41,43,46). The summed E-state index contributed by atoms with van der Waals surface area (Å²) in [6, 6.07) is 13.6. The van der Waals surface area contributed by atoms with Crippen LogP contribution in [-0.4, -0.2) is 56.5 Å². The van der Waals surface area contributed by atoms with Gasteiger partial charge >= 0.3 is 0 Å². The molecule has 1 aliphatic carbocycles. The van der Waals surface area contributed by atoms with E-state index in [4.69, 9.17) is 18.9 Å². The maximum absolute atomic E-state index is 14.0. The Kier molecular flexibility index (Phi) is 12.1. The number of hydrogen-bond donors (Lipinski definition) is 3. The van der Waals surface area contributed by atoms with Crippen molar-refractivity contribution in [2.45, 2.75) is 65.0 Å². The summed E-state index contributed by atoms with van der Waals surface area (Å²) < 4.78 is 22.4. The number of ether oxygens (including phenoxy) is 4. The Morgan fingerprint density at radius 3 is 2.33 bits per heavy atom. The van der Waals surface area contributed by atoms with E-state index in [-0.39, 0.29) is 28.8 Å². The van der Waals surface area contributed by atoms with E-state index < -0.39 is 12.1 Å². The number of nitrogens with zero attached hydrogens (tertiary/aromatic N) is 2. The third-order valence-corrected chi connectivity index (χ3v) is 10.1. The summed E-state index contributed by atoms with van der Waals surface area (Å²) in [6.07, 6.45) is 3.23. The number of anilines is 2. The molecule has 3 aromatic carbocycles. The molecule has 0 bridgehead atoms. The SMILES string of the molecule is CCC(C)C(Nc1ccc2c(cc1=O)C(NC(C)=O)CCc1cc(OC)c(OC)c(OC)c1-2)C(=O)Nc1nnc(CCc2ccc(OC)cc2)s1. The van der Waals surface area contributed by atoms with Crippen LogP contribution in [0.3, 0.4) is 0 Å². The van der Waals surface area contributed by atoms with Gasteiger partial charge in [0.25, 0.3) is 0 Å². The van der Waals surface area contributed by atoms with Crippen LogP contribution < -0.4 is 40.3 Å². The van der Waals surface area contributed by atoms with E-state index >= 15 is 0 Å². The fraction of sp³-hybridized carbons (Fsp3) is 0.395. The number of nitrogens with one attached hydrogen (secondary N) is 3. The Hall–Kier alpha value is -5.17. The molecule has 0 radical (unpaired) electrons. The molecular weight excluding hydrogens is 671 g/mol. The van der Waals surface area contributed by atoms with Crippen molar-refractivity contribution in [1.29, 1.82) is 0 Å². The molecule has 1 aliphatic rings. The van der Waals surface area contributed by atoms with Gasteiger partial charge in [0.1, 0.15) is 16.8 Å². The average molecular weight is 716 g/mol. The highest BCUT2D eigenvalue weighted by Gasteiger charge is 2.31. The topological polar surface area (TPSA) is 150 Å². The largest absolute Gasteiger partial charge is 0.497 e. The van der Waals surface area contributed by atoms with Crippen LogP contribution in [0.1, 0.15) is 61.4 Å². The minimum absolute atomic E-state index is 0.139. The molecule has 5 rings (SSSR count). The van der Waals surface area contributed by atoms with E-state index in [1.165, 1.54) is 24.3 Å². The lowest BCUT2D eigenvalue weighted by molar-refractivity contribution is -0.120. The first-order valence-corrected chi connectivity index (χ1v) is 17.7. The zero-order chi connectivity index (χ0) is 36.7. The number of carbonyl (C=O) groups excluding carboxylic acids is 2. The fourth-order valence-corrected chi connectivity index (χ4v) is 7.07. The second kappa shape index (κ2) is 16.7. The lowest BCUT2D eigenvalue weighted by Crippen LogP contribution is -2.40. The highest BCUT2D eigenvalue weighted by atomic mass is 32.1. The predicted octanol–water partition coefficient (Wildman–Crippen LogP) is 5.97. The van der Waals surface area contributed by atoms with Gasteiger partial charge in [-0.25, -0.2) is 0 Å². The molecule has 13 heteroatoms. The van der Waals surface area contributed by atoms with E-state index in [1.54, 1.807) is 34.5 Å². The Morgan fingerprint density at radius 2 is 1.69 bits per heavy atom. The van der Waals surface area contributed by atoms with Crippen LogP contribution in [0.15, 0.2) is 53.3 Å². The van der Waals surface area contributed by atoms with Crippen LogP contribution in [0.2, 0.25) is 0 Å². The van der Waals surface area contributed by atoms with Crippen molar-refractivity contribution in [3.63, 3.8) is 0 Å². The van der Waals surface area contributed by atoms with Crippen LogP contribution in [0.25, 0.3) is 11.1 Å². The molecule has 51 heavy (non-hydrogen) atoms. The molecule has 3 unspecified atom stereocenters. The van der Waals surface area contributed by atoms with E-state index in [9.17, 15) is 14.4 Å².